The second-order valence-electron chi connectivity index (χ2n) is 6.40. The smallest absolute Gasteiger partial charge is 0.227 e. The molecule has 4 heteroatoms. The molecule has 26 heavy (non-hydrogen) atoms. The van der Waals surface area contributed by atoms with Crippen molar-refractivity contribution in [1.82, 2.24) is 0 Å². The first-order valence-corrected chi connectivity index (χ1v) is 8.73. The fraction of sp³-hybridized carbons (Fsp3) is 0.182. The largest absolute Gasteiger partial charge is 0.482 e. The topological polar surface area (TPSA) is 42.5 Å². The average molecular weight is 346 g/mol. The van der Waals surface area contributed by atoms with Crippen LogP contribution in [0.15, 0.2) is 76.1 Å². The minimum absolute atomic E-state index is 0.171. The fourth-order valence-corrected chi connectivity index (χ4v) is 3.13. The maximum Gasteiger partial charge on any atom is 0.227 e. The van der Waals surface area contributed by atoms with Gasteiger partial charge in [-0.25, -0.2) is 4.58 Å². The molecule has 2 heterocycles. The Morgan fingerprint density at radius 1 is 1.04 bits per heavy atom. The molecule has 1 aromatic heterocycles. The Hall–Kier alpha value is -3.14. The maximum absolute atomic E-state index is 12.3. The highest BCUT2D eigenvalue weighted by molar-refractivity contribution is 5.71. The van der Waals surface area contributed by atoms with Gasteiger partial charge in [-0.2, -0.15) is 0 Å². The van der Waals surface area contributed by atoms with E-state index in [9.17, 15) is 4.79 Å². The molecule has 4 nitrogen and oxygen atoms in total. The molecule has 0 unspecified atom stereocenters. The highest BCUT2D eigenvalue weighted by Crippen LogP contribution is 2.16. The van der Waals surface area contributed by atoms with Crippen LogP contribution in [0, 0.1) is 0 Å². The van der Waals surface area contributed by atoms with Crippen LogP contribution in [0.3, 0.4) is 0 Å². The SMILES string of the molecule is O=c1cc(C=[N+]2CCc3ccccc3C2)occ1OCc1ccccc1. The van der Waals surface area contributed by atoms with Crippen molar-refractivity contribution < 1.29 is 13.7 Å². The van der Waals surface area contributed by atoms with Crippen molar-refractivity contribution in [2.75, 3.05) is 6.54 Å². The predicted octanol–water partition coefficient (Wildman–Crippen LogP) is 3.41. The van der Waals surface area contributed by atoms with Crippen LogP contribution >= 0.6 is 0 Å². The summed E-state index contributed by atoms with van der Waals surface area (Å²) in [6, 6.07) is 19.7. The summed E-state index contributed by atoms with van der Waals surface area (Å²) in [5.41, 5.74) is 3.55. The van der Waals surface area contributed by atoms with Gasteiger partial charge in [0.2, 0.25) is 17.4 Å². The highest BCUT2D eigenvalue weighted by Gasteiger charge is 2.18. The third-order valence-corrected chi connectivity index (χ3v) is 4.53. The normalized spacial score (nSPS) is 14.8. The molecule has 0 aliphatic carbocycles. The molecule has 0 saturated carbocycles. The molecule has 0 bridgehead atoms. The Balaban J connectivity index is 1.47. The number of benzene rings is 2. The van der Waals surface area contributed by atoms with Gasteiger partial charge in [-0.15, -0.1) is 0 Å². The van der Waals surface area contributed by atoms with E-state index in [-0.39, 0.29) is 11.2 Å². The highest BCUT2D eigenvalue weighted by atomic mass is 16.5. The zero-order valence-electron chi connectivity index (χ0n) is 14.4. The van der Waals surface area contributed by atoms with Crippen LogP contribution in [0.4, 0.5) is 0 Å². The van der Waals surface area contributed by atoms with E-state index in [2.05, 4.69) is 28.8 Å². The number of hydrogen-bond acceptors (Lipinski definition) is 3. The van der Waals surface area contributed by atoms with Crippen LogP contribution in [0.2, 0.25) is 0 Å². The van der Waals surface area contributed by atoms with Crippen molar-refractivity contribution in [2.24, 2.45) is 0 Å². The first kappa shape index (κ1) is 16.3. The van der Waals surface area contributed by atoms with Gasteiger partial charge in [0.1, 0.15) is 19.4 Å². The second-order valence-corrected chi connectivity index (χ2v) is 6.40. The molecule has 0 spiro atoms. The Labute approximate surface area is 152 Å². The van der Waals surface area contributed by atoms with Crippen molar-refractivity contribution in [3.63, 3.8) is 0 Å². The van der Waals surface area contributed by atoms with E-state index in [1.165, 1.54) is 23.5 Å². The maximum atomic E-state index is 12.3. The summed E-state index contributed by atoms with van der Waals surface area (Å²) in [6.45, 7) is 2.08. The summed E-state index contributed by atoms with van der Waals surface area (Å²) in [4.78, 5) is 12.3. The van der Waals surface area contributed by atoms with E-state index in [1.54, 1.807) is 0 Å². The molecule has 0 atom stereocenters. The molecular weight excluding hydrogens is 326 g/mol. The van der Waals surface area contributed by atoms with Gasteiger partial charge in [0.05, 0.1) is 0 Å². The van der Waals surface area contributed by atoms with E-state index in [0.29, 0.717) is 12.4 Å². The molecule has 2 aromatic carbocycles. The number of hydrogen-bond donors (Lipinski definition) is 0. The predicted molar refractivity (Wildman–Crippen MR) is 99.9 cm³/mol. The summed E-state index contributed by atoms with van der Waals surface area (Å²) in [6.07, 6.45) is 4.29. The molecule has 0 fully saturated rings. The zero-order chi connectivity index (χ0) is 17.8. The van der Waals surface area contributed by atoms with Crippen LogP contribution in [0.25, 0.3) is 0 Å². The Morgan fingerprint density at radius 2 is 1.81 bits per heavy atom. The minimum Gasteiger partial charge on any atom is -0.482 e. The van der Waals surface area contributed by atoms with Gasteiger partial charge in [0.15, 0.2) is 12.3 Å². The fourth-order valence-electron chi connectivity index (χ4n) is 3.13. The van der Waals surface area contributed by atoms with Crippen molar-refractivity contribution in [2.45, 2.75) is 19.6 Å². The quantitative estimate of drug-likeness (QED) is 0.680. The third-order valence-electron chi connectivity index (χ3n) is 4.53. The van der Waals surface area contributed by atoms with Crippen LogP contribution in [-0.4, -0.2) is 17.3 Å². The van der Waals surface area contributed by atoms with Crippen molar-refractivity contribution >= 4 is 6.21 Å². The second kappa shape index (κ2) is 7.40. The molecule has 3 aromatic rings. The van der Waals surface area contributed by atoms with E-state index in [4.69, 9.17) is 9.15 Å². The molecule has 0 saturated heterocycles. The van der Waals surface area contributed by atoms with E-state index < -0.39 is 0 Å². The molecule has 1 aliphatic rings. The lowest BCUT2D eigenvalue weighted by molar-refractivity contribution is -0.543. The van der Waals surface area contributed by atoms with Gasteiger partial charge in [-0.3, -0.25) is 4.79 Å². The van der Waals surface area contributed by atoms with Gasteiger partial charge < -0.3 is 9.15 Å². The lowest BCUT2D eigenvalue weighted by Crippen LogP contribution is -2.23. The zero-order valence-corrected chi connectivity index (χ0v) is 14.4. The number of nitrogens with zero attached hydrogens (tertiary/aromatic N) is 1. The Kier molecular flexibility index (Phi) is 4.65. The summed E-state index contributed by atoms with van der Waals surface area (Å²) in [5.74, 6) is 0.774. The monoisotopic (exact) mass is 346 g/mol. The average Bonchev–Trinajstić information content (AvgIpc) is 2.68. The van der Waals surface area contributed by atoms with Gasteiger partial charge in [-0.1, -0.05) is 54.6 Å². The van der Waals surface area contributed by atoms with E-state index >= 15 is 0 Å². The minimum atomic E-state index is -0.171. The lowest BCUT2D eigenvalue weighted by Gasteiger charge is -2.14. The number of fused-ring (bicyclic) bond motifs is 1. The number of ether oxygens (including phenoxy) is 1. The summed E-state index contributed by atoms with van der Waals surface area (Å²) < 4.78 is 13.3. The van der Waals surface area contributed by atoms with Gasteiger partial charge in [0.25, 0.3) is 0 Å². The summed E-state index contributed by atoms with van der Waals surface area (Å²) in [7, 11) is 0. The van der Waals surface area contributed by atoms with E-state index in [0.717, 1.165) is 25.1 Å². The van der Waals surface area contributed by atoms with Crippen molar-refractivity contribution in [3.05, 3.63) is 99.6 Å². The first-order chi connectivity index (χ1) is 12.8. The molecule has 1 aliphatic heterocycles. The Bertz CT molecular complexity index is 990. The molecule has 4 rings (SSSR count). The third kappa shape index (κ3) is 3.75. The van der Waals surface area contributed by atoms with Crippen molar-refractivity contribution in [3.8, 4) is 5.75 Å². The molecule has 130 valence electrons. The summed E-state index contributed by atoms with van der Waals surface area (Å²) >= 11 is 0. The summed E-state index contributed by atoms with van der Waals surface area (Å²) in [5, 5.41) is 0. The molecule has 0 amide bonds. The first-order valence-electron chi connectivity index (χ1n) is 8.73. The van der Waals surface area contributed by atoms with Gasteiger partial charge >= 0.3 is 0 Å². The molecule has 0 radical (unpaired) electrons. The van der Waals surface area contributed by atoms with Crippen LogP contribution in [0.1, 0.15) is 22.5 Å². The van der Waals surface area contributed by atoms with Crippen molar-refractivity contribution in [1.29, 1.82) is 0 Å². The van der Waals surface area contributed by atoms with Crippen LogP contribution in [-0.2, 0) is 19.6 Å². The lowest BCUT2D eigenvalue weighted by atomic mass is 10.0. The van der Waals surface area contributed by atoms with E-state index in [1.807, 2.05) is 36.5 Å². The Morgan fingerprint density at radius 3 is 2.62 bits per heavy atom. The standard InChI is InChI=1S/C22H20NO3/c24-21-12-20(14-23-11-10-18-8-4-5-9-19(18)13-23)25-16-22(21)26-15-17-6-2-1-3-7-17/h1-9,12,14,16H,10-11,13,15H2/q+1. The van der Waals surface area contributed by atoms with Gasteiger partial charge in [-0.05, 0) is 11.1 Å². The van der Waals surface area contributed by atoms with Gasteiger partial charge in [0, 0.05) is 18.1 Å². The van der Waals surface area contributed by atoms with Crippen LogP contribution in [0.5, 0.6) is 5.75 Å². The molecular formula is C22H20NO3+. The molecule has 0 N–H and O–H groups in total. The van der Waals surface area contributed by atoms with Crippen LogP contribution < -0.4 is 10.2 Å². The number of rotatable bonds is 4.